The number of aromatic nitrogens is 2. The van der Waals surface area contributed by atoms with Crippen molar-refractivity contribution in [2.24, 2.45) is 0 Å². The second-order valence-electron chi connectivity index (χ2n) is 7.81. The van der Waals surface area contributed by atoms with Gasteiger partial charge in [0.2, 0.25) is 0 Å². The maximum Gasteiger partial charge on any atom is 0.272 e. The summed E-state index contributed by atoms with van der Waals surface area (Å²) in [4.78, 5) is 41.6. The molecule has 0 aliphatic carbocycles. The van der Waals surface area contributed by atoms with Crippen molar-refractivity contribution in [2.45, 2.75) is 25.8 Å². The van der Waals surface area contributed by atoms with E-state index in [1.807, 2.05) is 6.07 Å². The summed E-state index contributed by atoms with van der Waals surface area (Å²) in [5, 5.41) is 7.20. The van der Waals surface area contributed by atoms with Crippen LogP contribution in [0.5, 0.6) is 0 Å². The fourth-order valence-electron chi connectivity index (χ4n) is 3.99. The highest BCUT2D eigenvalue weighted by Gasteiger charge is 2.29. The third-order valence-electron chi connectivity index (χ3n) is 5.69. The number of hydrogen-bond acceptors (Lipinski definition) is 5. The molecule has 1 N–H and O–H groups in total. The highest BCUT2D eigenvalue weighted by atomic mass is 16.2. The average molecular weight is 409 g/mol. The van der Waals surface area contributed by atoms with Crippen LogP contribution in [0.2, 0.25) is 0 Å². The van der Waals surface area contributed by atoms with Crippen molar-refractivity contribution in [3.8, 4) is 0 Å². The quantitative estimate of drug-likeness (QED) is 0.699. The molecule has 8 nitrogen and oxygen atoms in total. The maximum absolute atomic E-state index is 12.8. The van der Waals surface area contributed by atoms with Crippen LogP contribution in [-0.4, -0.2) is 76.4 Å². The van der Waals surface area contributed by atoms with Crippen molar-refractivity contribution in [2.75, 3.05) is 39.3 Å². The zero-order valence-electron chi connectivity index (χ0n) is 17.0. The van der Waals surface area contributed by atoms with E-state index in [4.69, 9.17) is 0 Å². The summed E-state index contributed by atoms with van der Waals surface area (Å²) < 4.78 is 1.56. The number of benzene rings is 1. The van der Waals surface area contributed by atoms with Gasteiger partial charge in [-0.1, -0.05) is 36.8 Å². The van der Waals surface area contributed by atoms with Crippen LogP contribution in [-0.2, 0) is 6.54 Å². The summed E-state index contributed by atoms with van der Waals surface area (Å²) in [6, 6.07) is 10.5. The van der Waals surface area contributed by atoms with Crippen LogP contribution in [0.4, 0.5) is 0 Å². The van der Waals surface area contributed by atoms with Crippen LogP contribution < -0.4 is 5.32 Å². The smallest absolute Gasteiger partial charge is 0.272 e. The summed E-state index contributed by atoms with van der Waals surface area (Å²) in [5.74, 6) is -0.647. The van der Waals surface area contributed by atoms with E-state index in [1.165, 1.54) is 30.2 Å². The molecule has 8 heteroatoms. The van der Waals surface area contributed by atoms with E-state index < -0.39 is 0 Å². The molecule has 0 atom stereocenters. The molecule has 0 spiro atoms. The number of hydrogen-bond donors (Lipinski definition) is 1. The molecule has 1 aromatic heterocycles. The number of carbonyl (C=O) groups is 3. The molecule has 2 aliphatic rings. The number of rotatable bonds is 7. The third-order valence-corrected chi connectivity index (χ3v) is 5.69. The molecular weight excluding hydrogens is 382 g/mol. The van der Waals surface area contributed by atoms with E-state index in [2.05, 4.69) is 15.3 Å². The van der Waals surface area contributed by atoms with Gasteiger partial charge in [0.05, 0.1) is 13.1 Å². The topological polar surface area (TPSA) is 87.5 Å². The van der Waals surface area contributed by atoms with Crippen molar-refractivity contribution in [3.05, 3.63) is 53.3 Å². The largest absolute Gasteiger partial charge is 0.349 e. The van der Waals surface area contributed by atoms with E-state index in [1.54, 1.807) is 28.9 Å². The minimum atomic E-state index is -0.273. The van der Waals surface area contributed by atoms with Gasteiger partial charge in [0.15, 0.2) is 11.5 Å². The normalized spacial score (nSPS) is 16.9. The van der Waals surface area contributed by atoms with Crippen LogP contribution in [0.15, 0.2) is 36.4 Å². The molecule has 1 aromatic carbocycles. The second kappa shape index (κ2) is 9.21. The van der Waals surface area contributed by atoms with Crippen molar-refractivity contribution >= 4 is 17.6 Å². The highest BCUT2D eigenvalue weighted by Crippen LogP contribution is 2.15. The first-order valence-corrected chi connectivity index (χ1v) is 10.6. The minimum absolute atomic E-state index is 0.0192. The fourth-order valence-corrected chi connectivity index (χ4v) is 3.99. The van der Waals surface area contributed by atoms with Gasteiger partial charge < -0.3 is 15.1 Å². The number of piperidine rings is 1. The predicted molar refractivity (Wildman–Crippen MR) is 112 cm³/mol. The Morgan fingerprint density at radius 3 is 2.53 bits per heavy atom. The van der Waals surface area contributed by atoms with E-state index in [9.17, 15) is 14.4 Å². The SMILES string of the molecule is O=C(CN1CCn2nc(C(=O)NCCN3CCCCC3)cc2C1=O)c1ccccc1. The lowest BCUT2D eigenvalue weighted by molar-refractivity contribution is 0.0658. The van der Waals surface area contributed by atoms with Crippen molar-refractivity contribution in [1.82, 2.24) is 24.9 Å². The van der Waals surface area contributed by atoms with Gasteiger partial charge in [0.1, 0.15) is 5.69 Å². The summed E-state index contributed by atoms with van der Waals surface area (Å²) >= 11 is 0. The Hall–Kier alpha value is -3.00. The lowest BCUT2D eigenvalue weighted by Crippen LogP contribution is -2.43. The molecule has 2 aromatic rings. The third kappa shape index (κ3) is 4.59. The number of Topliss-reactive ketones (excluding diaryl/α,β-unsaturated/α-hetero) is 1. The van der Waals surface area contributed by atoms with Crippen LogP contribution in [0.1, 0.15) is 50.6 Å². The minimum Gasteiger partial charge on any atom is -0.349 e. The molecule has 1 saturated heterocycles. The van der Waals surface area contributed by atoms with Crippen LogP contribution in [0.3, 0.4) is 0 Å². The first-order valence-electron chi connectivity index (χ1n) is 10.6. The Kier molecular flexibility index (Phi) is 6.23. The Morgan fingerprint density at radius 2 is 1.77 bits per heavy atom. The van der Waals surface area contributed by atoms with Crippen LogP contribution in [0.25, 0.3) is 0 Å². The molecule has 0 unspecified atom stereocenters. The number of likely N-dealkylation sites (tertiary alicyclic amines) is 1. The Bertz CT molecular complexity index is 918. The van der Waals surface area contributed by atoms with Gasteiger partial charge >= 0.3 is 0 Å². The van der Waals surface area contributed by atoms with E-state index in [0.29, 0.717) is 30.9 Å². The molecule has 2 aliphatic heterocycles. The van der Waals surface area contributed by atoms with Gasteiger partial charge in [0, 0.05) is 31.3 Å². The number of amides is 2. The number of ketones is 1. The lowest BCUT2D eigenvalue weighted by Gasteiger charge is -2.26. The van der Waals surface area contributed by atoms with Gasteiger partial charge in [-0.2, -0.15) is 5.10 Å². The van der Waals surface area contributed by atoms with Gasteiger partial charge in [-0.15, -0.1) is 0 Å². The first kappa shape index (κ1) is 20.3. The summed E-state index contributed by atoms with van der Waals surface area (Å²) in [6.07, 6.45) is 3.71. The number of fused-ring (bicyclic) bond motifs is 1. The monoisotopic (exact) mass is 409 g/mol. The zero-order valence-corrected chi connectivity index (χ0v) is 17.0. The Morgan fingerprint density at radius 1 is 1.00 bits per heavy atom. The Balaban J connectivity index is 1.34. The zero-order chi connectivity index (χ0) is 20.9. The molecule has 0 radical (unpaired) electrons. The standard InChI is InChI=1S/C22H27N5O3/c28-20(17-7-3-1-4-8-17)16-26-13-14-27-19(22(26)30)15-18(24-27)21(29)23-9-12-25-10-5-2-6-11-25/h1,3-4,7-8,15H,2,5-6,9-14,16H2,(H,23,29). The molecule has 1 fully saturated rings. The first-order chi connectivity index (χ1) is 14.6. The van der Waals surface area contributed by atoms with Gasteiger partial charge in [-0.25, -0.2) is 0 Å². The number of nitrogens with one attached hydrogen (secondary N) is 1. The van der Waals surface area contributed by atoms with Crippen molar-refractivity contribution in [3.63, 3.8) is 0 Å². The molecule has 30 heavy (non-hydrogen) atoms. The van der Waals surface area contributed by atoms with Gasteiger partial charge in [-0.05, 0) is 25.9 Å². The average Bonchev–Trinajstić information content (AvgIpc) is 3.22. The Labute approximate surface area is 175 Å². The highest BCUT2D eigenvalue weighted by molar-refractivity contribution is 6.03. The molecule has 4 rings (SSSR count). The molecule has 158 valence electrons. The summed E-state index contributed by atoms with van der Waals surface area (Å²) in [5.41, 5.74) is 1.18. The van der Waals surface area contributed by atoms with Crippen molar-refractivity contribution in [1.29, 1.82) is 0 Å². The molecule has 0 bridgehead atoms. The van der Waals surface area contributed by atoms with E-state index in [-0.39, 0.29) is 29.8 Å². The van der Waals surface area contributed by atoms with Crippen molar-refractivity contribution < 1.29 is 14.4 Å². The van der Waals surface area contributed by atoms with E-state index >= 15 is 0 Å². The summed E-state index contributed by atoms with van der Waals surface area (Å²) in [6.45, 7) is 4.43. The fraction of sp³-hybridized carbons (Fsp3) is 0.455. The van der Waals surface area contributed by atoms with Gasteiger partial charge in [-0.3, -0.25) is 19.1 Å². The van der Waals surface area contributed by atoms with E-state index in [0.717, 1.165) is 19.6 Å². The predicted octanol–water partition coefficient (Wildman–Crippen LogP) is 1.44. The number of nitrogens with zero attached hydrogens (tertiary/aromatic N) is 4. The number of carbonyl (C=O) groups excluding carboxylic acids is 3. The molecule has 0 saturated carbocycles. The molecule has 2 amide bonds. The van der Waals surface area contributed by atoms with Crippen LogP contribution >= 0.6 is 0 Å². The van der Waals surface area contributed by atoms with Crippen LogP contribution in [0, 0.1) is 0 Å². The maximum atomic E-state index is 12.8. The molecular formula is C22H27N5O3. The summed E-state index contributed by atoms with van der Waals surface area (Å²) in [7, 11) is 0. The van der Waals surface area contributed by atoms with Gasteiger partial charge in [0.25, 0.3) is 11.8 Å². The molecule has 3 heterocycles. The second-order valence-corrected chi connectivity index (χ2v) is 7.81. The lowest BCUT2D eigenvalue weighted by atomic mass is 10.1.